The molecule has 1 aliphatic rings. The van der Waals surface area contributed by atoms with Gasteiger partial charge < -0.3 is 10.2 Å². The Morgan fingerprint density at radius 1 is 1.40 bits per heavy atom. The third kappa shape index (κ3) is 3.54. The summed E-state index contributed by atoms with van der Waals surface area (Å²) in [6, 6.07) is 5.16. The predicted octanol–water partition coefficient (Wildman–Crippen LogP) is 1.27. The second-order valence-electron chi connectivity index (χ2n) is 5.01. The Balaban J connectivity index is 1.95. The van der Waals surface area contributed by atoms with Crippen LogP contribution in [0.1, 0.15) is 17.5 Å². The molecule has 1 amide bonds. The minimum absolute atomic E-state index is 0.120. The number of rotatable bonds is 4. The van der Waals surface area contributed by atoms with E-state index in [2.05, 4.69) is 5.32 Å². The third-order valence-corrected chi connectivity index (χ3v) is 3.57. The number of amides is 1. The first-order valence-electron chi connectivity index (χ1n) is 6.80. The first-order valence-corrected chi connectivity index (χ1v) is 6.80. The van der Waals surface area contributed by atoms with Gasteiger partial charge in [0.05, 0.1) is 4.92 Å². The molecule has 0 radical (unpaired) electrons. The van der Waals surface area contributed by atoms with Crippen molar-refractivity contribution in [1.82, 2.24) is 10.2 Å². The molecule has 1 fully saturated rings. The number of piperazine rings is 1. The second kappa shape index (κ2) is 6.47. The SMILES string of the molecule is Cc1ccc(CCC(=O)N2CCNCC2)cc1[N+](=O)[O-]. The Kier molecular flexibility index (Phi) is 4.68. The lowest BCUT2D eigenvalue weighted by molar-refractivity contribution is -0.385. The van der Waals surface area contributed by atoms with Crippen molar-refractivity contribution < 1.29 is 9.72 Å². The van der Waals surface area contributed by atoms with E-state index in [1.54, 1.807) is 19.1 Å². The smallest absolute Gasteiger partial charge is 0.272 e. The fourth-order valence-electron chi connectivity index (χ4n) is 2.33. The molecule has 1 saturated heterocycles. The van der Waals surface area contributed by atoms with Crippen LogP contribution in [0.2, 0.25) is 0 Å². The van der Waals surface area contributed by atoms with E-state index < -0.39 is 0 Å². The predicted molar refractivity (Wildman–Crippen MR) is 75.6 cm³/mol. The molecule has 0 aliphatic carbocycles. The van der Waals surface area contributed by atoms with Gasteiger partial charge in [0.2, 0.25) is 5.91 Å². The maximum Gasteiger partial charge on any atom is 0.272 e. The zero-order valence-corrected chi connectivity index (χ0v) is 11.6. The van der Waals surface area contributed by atoms with Crippen molar-refractivity contribution in [3.8, 4) is 0 Å². The second-order valence-corrected chi connectivity index (χ2v) is 5.01. The van der Waals surface area contributed by atoms with Crippen LogP contribution in [0.3, 0.4) is 0 Å². The summed E-state index contributed by atoms with van der Waals surface area (Å²) in [7, 11) is 0. The van der Waals surface area contributed by atoms with Gasteiger partial charge >= 0.3 is 0 Å². The number of carbonyl (C=O) groups is 1. The van der Waals surface area contributed by atoms with Crippen LogP contribution in [0.5, 0.6) is 0 Å². The summed E-state index contributed by atoms with van der Waals surface area (Å²) in [5.41, 5.74) is 1.61. The largest absolute Gasteiger partial charge is 0.340 e. The molecule has 2 rings (SSSR count). The van der Waals surface area contributed by atoms with Crippen LogP contribution in [0.15, 0.2) is 18.2 Å². The van der Waals surface area contributed by atoms with Gasteiger partial charge in [-0.05, 0) is 18.9 Å². The highest BCUT2D eigenvalue weighted by atomic mass is 16.6. The molecule has 108 valence electrons. The first-order chi connectivity index (χ1) is 9.58. The van der Waals surface area contributed by atoms with Gasteiger partial charge in [-0.15, -0.1) is 0 Å². The Hall–Kier alpha value is -1.95. The van der Waals surface area contributed by atoms with E-state index in [0.29, 0.717) is 18.4 Å². The summed E-state index contributed by atoms with van der Waals surface area (Å²) in [4.78, 5) is 24.4. The fraction of sp³-hybridized carbons (Fsp3) is 0.500. The van der Waals surface area contributed by atoms with Gasteiger partial charge in [0.1, 0.15) is 0 Å². The Bertz CT molecular complexity index is 510. The summed E-state index contributed by atoms with van der Waals surface area (Å²) in [5, 5.41) is 14.1. The van der Waals surface area contributed by atoms with Crippen LogP contribution in [0.25, 0.3) is 0 Å². The highest BCUT2D eigenvalue weighted by molar-refractivity contribution is 5.76. The van der Waals surface area contributed by atoms with Crippen LogP contribution in [0.4, 0.5) is 5.69 Å². The number of nitrogens with zero attached hydrogens (tertiary/aromatic N) is 2. The summed E-state index contributed by atoms with van der Waals surface area (Å²) in [6.45, 7) is 4.87. The normalized spacial score (nSPS) is 15.2. The summed E-state index contributed by atoms with van der Waals surface area (Å²) < 4.78 is 0. The lowest BCUT2D eigenvalue weighted by Crippen LogP contribution is -2.46. The van der Waals surface area contributed by atoms with Crippen molar-refractivity contribution in [2.75, 3.05) is 26.2 Å². The first kappa shape index (κ1) is 14.5. The molecular weight excluding hydrogens is 258 g/mol. The van der Waals surface area contributed by atoms with E-state index in [1.165, 1.54) is 0 Å². The van der Waals surface area contributed by atoms with Gasteiger partial charge in [-0.2, -0.15) is 0 Å². The van der Waals surface area contributed by atoms with E-state index in [1.807, 2.05) is 11.0 Å². The van der Waals surface area contributed by atoms with Crippen LogP contribution >= 0.6 is 0 Å². The van der Waals surface area contributed by atoms with Crippen molar-refractivity contribution in [1.29, 1.82) is 0 Å². The number of carbonyl (C=O) groups excluding carboxylic acids is 1. The van der Waals surface area contributed by atoms with Crippen molar-refractivity contribution >= 4 is 11.6 Å². The zero-order valence-electron chi connectivity index (χ0n) is 11.6. The summed E-state index contributed by atoms with van der Waals surface area (Å²) in [5.74, 6) is 0.120. The number of nitro groups is 1. The zero-order chi connectivity index (χ0) is 14.5. The molecule has 6 heteroatoms. The monoisotopic (exact) mass is 277 g/mol. The molecule has 1 aliphatic heterocycles. The summed E-state index contributed by atoms with van der Waals surface area (Å²) >= 11 is 0. The molecule has 1 N–H and O–H groups in total. The Morgan fingerprint density at radius 3 is 2.75 bits per heavy atom. The highest BCUT2D eigenvalue weighted by Gasteiger charge is 2.16. The van der Waals surface area contributed by atoms with Crippen LogP contribution < -0.4 is 5.32 Å². The topological polar surface area (TPSA) is 75.5 Å². The van der Waals surface area contributed by atoms with Crippen molar-refractivity contribution in [3.05, 3.63) is 39.4 Å². The molecule has 0 atom stereocenters. The van der Waals surface area contributed by atoms with Crippen LogP contribution in [0, 0.1) is 17.0 Å². The molecule has 1 aromatic carbocycles. The number of nitrogens with one attached hydrogen (secondary N) is 1. The number of aryl methyl sites for hydroxylation is 2. The van der Waals surface area contributed by atoms with Gasteiger partial charge in [-0.1, -0.05) is 12.1 Å². The lowest BCUT2D eigenvalue weighted by atomic mass is 10.1. The molecule has 0 aromatic heterocycles. The molecule has 0 saturated carbocycles. The van der Waals surface area contributed by atoms with Crippen molar-refractivity contribution in [2.24, 2.45) is 0 Å². The maximum absolute atomic E-state index is 12.0. The van der Waals surface area contributed by atoms with Gasteiger partial charge in [-0.25, -0.2) is 0 Å². The average molecular weight is 277 g/mol. The van der Waals surface area contributed by atoms with Crippen molar-refractivity contribution in [2.45, 2.75) is 19.8 Å². The average Bonchev–Trinajstić information content (AvgIpc) is 2.46. The molecule has 1 heterocycles. The minimum Gasteiger partial charge on any atom is -0.340 e. The van der Waals surface area contributed by atoms with E-state index in [9.17, 15) is 14.9 Å². The Labute approximate surface area is 117 Å². The third-order valence-electron chi connectivity index (χ3n) is 3.57. The lowest BCUT2D eigenvalue weighted by Gasteiger charge is -2.27. The number of hydrogen-bond donors (Lipinski definition) is 1. The maximum atomic E-state index is 12.0. The quantitative estimate of drug-likeness (QED) is 0.664. The molecule has 0 bridgehead atoms. The molecule has 20 heavy (non-hydrogen) atoms. The van der Waals surface area contributed by atoms with Gasteiger partial charge in [0.15, 0.2) is 0 Å². The molecule has 0 spiro atoms. The number of benzene rings is 1. The van der Waals surface area contributed by atoms with E-state index in [0.717, 1.165) is 31.7 Å². The standard InChI is InChI=1S/C14H19N3O3/c1-11-2-3-12(10-13(11)17(19)20)4-5-14(18)16-8-6-15-7-9-16/h2-3,10,15H,4-9H2,1H3. The Morgan fingerprint density at radius 2 is 2.10 bits per heavy atom. The highest BCUT2D eigenvalue weighted by Crippen LogP contribution is 2.20. The van der Waals surface area contributed by atoms with Crippen LogP contribution in [-0.2, 0) is 11.2 Å². The van der Waals surface area contributed by atoms with Gasteiger partial charge in [0.25, 0.3) is 5.69 Å². The molecular formula is C14H19N3O3. The summed E-state index contributed by atoms with van der Waals surface area (Å²) in [6.07, 6.45) is 0.949. The molecule has 6 nitrogen and oxygen atoms in total. The van der Waals surface area contributed by atoms with Crippen LogP contribution in [-0.4, -0.2) is 41.9 Å². The van der Waals surface area contributed by atoms with Gasteiger partial charge in [-0.3, -0.25) is 14.9 Å². The number of nitro benzene ring substituents is 1. The van der Waals surface area contributed by atoms with E-state index in [-0.39, 0.29) is 16.5 Å². The molecule has 1 aromatic rings. The van der Waals surface area contributed by atoms with E-state index in [4.69, 9.17) is 0 Å². The van der Waals surface area contributed by atoms with E-state index >= 15 is 0 Å². The molecule has 0 unspecified atom stereocenters. The number of hydrogen-bond acceptors (Lipinski definition) is 4. The van der Waals surface area contributed by atoms with Gasteiger partial charge in [0, 0.05) is 44.2 Å². The minimum atomic E-state index is -0.378. The fourth-order valence-corrected chi connectivity index (χ4v) is 2.33. The van der Waals surface area contributed by atoms with Crippen molar-refractivity contribution in [3.63, 3.8) is 0 Å².